The summed E-state index contributed by atoms with van der Waals surface area (Å²) in [6, 6.07) is 8.25. The average Bonchev–Trinajstić information content (AvgIpc) is 2.45. The minimum Gasteiger partial charge on any atom is -0.465 e. The summed E-state index contributed by atoms with van der Waals surface area (Å²) in [5, 5.41) is 9.17. The molecule has 0 unspecified atom stereocenters. The van der Waals surface area contributed by atoms with Crippen LogP contribution in [0.1, 0.15) is 11.5 Å². The van der Waals surface area contributed by atoms with Crippen molar-refractivity contribution in [2.75, 3.05) is 19.3 Å². The van der Waals surface area contributed by atoms with Gasteiger partial charge in [-0.2, -0.15) is 0 Å². The Hall–Kier alpha value is -2.12. The predicted octanol–water partition coefficient (Wildman–Crippen LogP) is 2.88. The SMILES string of the molecule is CS(=O)(=O)c1ccc(-c2ccc(C3CN(C(=O)O)C3)cn2)c(Cl)c1. The zero-order chi connectivity index (χ0) is 17.5. The molecule has 1 saturated heterocycles. The summed E-state index contributed by atoms with van der Waals surface area (Å²) in [6.45, 7) is 0.945. The Morgan fingerprint density at radius 3 is 2.50 bits per heavy atom. The maximum atomic E-state index is 11.5. The molecule has 3 rings (SSSR count). The number of carboxylic acid groups (broad SMARTS) is 1. The van der Waals surface area contributed by atoms with E-state index in [4.69, 9.17) is 16.7 Å². The Bertz CT molecular complexity index is 891. The molecule has 1 aromatic heterocycles. The van der Waals surface area contributed by atoms with Gasteiger partial charge in [-0.3, -0.25) is 4.98 Å². The van der Waals surface area contributed by atoms with Crippen molar-refractivity contribution >= 4 is 27.5 Å². The van der Waals surface area contributed by atoms with Gasteiger partial charge >= 0.3 is 6.09 Å². The Labute approximate surface area is 144 Å². The Morgan fingerprint density at radius 1 is 1.29 bits per heavy atom. The molecule has 0 spiro atoms. The third kappa shape index (κ3) is 3.22. The molecular weight excluding hydrogens is 352 g/mol. The smallest absolute Gasteiger partial charge is 0.407 e. The normalized spacial score (nSPS) is 15.2. The molecule has 8 heteroatoms. The molecule has 2 heterocycles. The first kappa shape index (κ1) is 16.7. The van der Waals surface area contributed by atoms with Gasteiger partial charge in [0.05, 0.1) is 15.6 Å². The van der Waals surface area contributed by atoms with Crippen molar-refractivity contribution in [2.24, 2.45) is 0 Å². The van der Waals surface area contributed by atoms with Gasteiger partial charge in [-0.05, 0) is 23.8 Å². The van der Waals surface area contributed by atoms with E-state index >= 15 is 0 Å². The lowest BCUT2D eigenvalue weighted by molar-refractivity contribution is 0.105. The number of pyridine rings is 1. The standard InChI is InChI=1S/C16H15ClN2O4S/c1-24(22,23)12-3-4-13(14(17)6-12)15-5-2-10(7-18-15)11-8-19(9-11)16(20)21/h2-7,11H,8-9H2,1H3,(H,20,21). The molecule has 1 aromatic carbocycles. The molecular formula is C16H15ClN2O4S. The predicted molar refractivity (Wildman–Crippen MR) is 90.1 cm³/mol. The summed E-state index contributed by atoms with van der Waals surface area (Å²) in [5.41, 5.74) is 2.26. The summed E-state index contributed by atoms with van der Waals surface area (Å²) in [7, 11) is -3.31. The quantitative estimate of drug-likeness (QED) is 0.902. The second-order valence-corrected chi connectivity index (χ2v) is 8.20. The Morgan fingerprint density at radius 2 is 2.00 bits per heavy atom. The molecule has 1 amide bonds. The molecule has 0 bridgehead atoms. The van der Waals surface area contributed by atoms with Gasteiger partial charge in [-0.25, -0.2) is 13.2 Å². The minimum atomic E-state index is -3.31. The van der Waals surface area contributed by atoms with Crippen LogP contribution in [0.4, 0.5) is 4.79 Å². The van der Waals surface area contributed by atoms with Gasteiger partial charge in [-0.15, -0.1) is 0 Å². The van der Waals surface area contributed by atoms with Crippen molar-refractivity contribution in [1.82, 2.24) is 9.88 Å². The number of likely N-dealkylation sites (tertiary alicyclic amines) is 1. The van der Waals surface area contributed by atoms with Crippen molar-refractivity contribution < 1.29 is 18.3 Å². The topological polar surface area (TPSA) is 87.6 Å². The van der Waals surface area contributed by atoms with E-state index in [-0.39, 0.29) is 10.8 Å². The van der Waals surface area contributed by atoms with E-state index in [0.717, 1.165) is 11.8 Å². The zero-order valence-electron chi connectivity index (χ0n) is 12.8. The third-order valence-corrected chi connectivity index (χ3v) is 5.48. The number of hydrogen-bond donors (Lipinski definition) is 1. The molecule has 0 aliphatic carbocycles. The second-order valence-electron chi connectivity index (χ2n) is 5.78. The molecule has 0 saturated carbocycles. The van der Waals surface area contributed by atoms with Crippen LogP contribution < -0.4 is 0 Å². The summed E-state index contributed by atoms with van der Waals surface area (Å²) in [6.07, 6.45) is 1.93. The number of amides is 1. The third-order valence-electron chi connectivity index (χ3n) is 4.05. The monoisotopic (exact) mass is 366 g/mol. The molecule has 0 radical (unpaired) electrons. The van der Waals surface area contributed by atoms with Crippen molar-refractivity contribution in [3.8, 4) is 11.3 Å². The highest BCUT2D eigenvalue weighted by Crippen LogP contribution is 2.31. The van der Waals surface area contributed by atoms with Crippen LogP contribution >= 0.6 is 11.6 Å². The van der Waals surface area contributed by atoms with Crippen LogP contribution in [-0.2, 0) is 9.84 Å². The fourth-order valence-electron chi connectivity index (χ4n) is 2.59. The number of hydrogen-bond acceptors (Lipinski definition) is 4. The first-order chi connectivity index (χ1) is 11.3. The molecule has 6 nitrogen and oxygen atoms in total. The van der Waals surface area contributed by atoms with Gasteiger partial charge in [0, 0.05) is 37.0 Å². The van der Waals surface area contributed by atoms with Crippen LogP contribution in [0.25, 0.3) is 11.3 Å². The fourth-order valence-corrected chi connectivity index (χ4v) is 3.58. The van der Waals surface area contributed by atoms with Crippen molar-refractivity contribution in [2.45, 2.75) is 10.8 Å². The van der Waals surface area contributed by atoms with E-state index in [1.54, 1.807) is 18.3 Å². The highest BCUT2D eigenvalue weighted by Gasteiger charge is 2.31. The number of aromatic nitrogens is 1. The Kier molecular flexibility index (Phi) is 4.23. The molecule has 1 aliphatic heterocycles. The number of carbonyl (C=O) groups is 1. The molecule has 1 fully saturated rings. The second kappa shape index (κ2) is 6.07. The zero-order valence-corrected chi connectivity index (χ0v) is 14.4. The largest absolute Gasteiger partial charge is 0.465 e. The van der Waals surface area contributed by atoms with E-state index in [1.165, 1.54) is 17.0 Å². The number of rotatable bonds is 3. The molecule has 1 aliphatic rings. The van der Waals surface area contributed by atoms with E-state index in [2.05, 4.69) is 4.98 Å². The summed E-state index contributed by atoms with van der Waals surface area (Å²) >= 11 is 6.19. The van der Waals surface area contributed by atoms with E-state index < -0.39 is 15.9 Å². The highest BCUT2D eigenvalue weighted by atomic mass is 35.5. The van der Waals surface area contributed by atoms with Crippen molar-refractivity contribution in [1.29, 1.82) is 0 Å². The van der Waals surface area contributed by atoms with Gasteiger partial charge in [0.2, 0.25) is 0 Å². The number of halogens is 1. The summed E-state index contributed by atoms with van der Waals surface area (Å²) in [5.74, 6) is 0.158. The minimum absolute atomic E-state index is 0.158. The summed E-state index contributed by atoms with van der Waals surface area (Å²) in [4.78, 5) is 16.7. The summed E-state index contributed by atoms with van der Waals surface area (Å²) < 4.78 is 23.1. The van der Waals surface area contributed by atoms with E-state index in [1.807, 2.05) is 6.07 Å². The van der Waals surface area contributed by atoms with Gasteiger partial charge in [0.1, 0.15) is 0 Å². The van der Waals surface area contributed by atoms with Gasteiger partial charge in [0.15, 0.2) is 9.84 Å². The molecule has 0 atom stereocenters. The first-order valence-electron chi connectivity index (χ1n) is 7.19. The van der Waals surface area contributed by atoms with Crippen LogP contribution in [0.5, 0.6) is 0 Å². The lowest BCUT2D eigenvalue weighted by atomic mass is 9.93. The van der Waals surface area contributed by atoms with E-state index in [9.17, 15) is 13.2 Å². The lowest BCUT2D eigenvalue weighted by Gasteiger charge is -2.37. The molecule has 2 aromatic rings. The van der Waals surface area contributed by atoms with Crippen LogP contribution in [-0.4, -0.2) is 48.8 Å². The lowest BCUT2D eigenvalue weighted by Crippen LogP contribution is -2.47. The number of nitrogens with zero attached hydrogens (tertiary/aromatic N) is 2. The molecule has 24 heavy (non-hydrogen) atoms. The van der Waals surface area contributed by atoms with Crippen LogP contribution in [0.3, 0.4) is 0 Å². The van der Waals surface area contributed by atoms with Crippen LogP contribution in [0, 0.1) is 0 Å². The van der Waals surface area contributed by atoms with Crippen LogP contribution in [0.2, 0.25) is 5.02 Å². The molecule has 126 valence electrons. The van der Waals surface area contributed by atoms with Gasteiger partial charge in [0.25, 0.3) is 0 Å². The van der Waals surface area contributed by atoms with Crippen LogP contribution in [0.15, 0.2) is 41.4 Å². The number of sulfone groups is 1. The van der Waals surface area contributed by atoms with Crippen molar-refractivity contribution in [3.63, 3.8) is 0 Å². The fraction of sp³-hybridized carbons (Fsp3) is 0.250. The Balaban J connectivity index is 1.80. The average molecular weight is 367 g/mol. The maximum absolute atomic E-state index is 11.5. The maximum Gasteiger partial charge on any atom is 0.407 e. The highest BCUT2D eigenvalue weighted by molar-refractivity contribution is 7.90. The van der Waals surface area contributed by atoms with E-state index in [0.29, 0.717) is 29.4 Å². The molecule has 1 N–H and O–H groups in total. The first-order valence-corrected chi connectivity index (χ1v) is 9.46. The number of benzene rings is 1. The van der Waals surface area contributed by atoms with Crippen molar-refractivity contribution in [3.05, 3.63) is 47.1 Å². The van der Waals surface area contributed by atoms with Gasteiger partial charge < -0.3 is 10.0 Å². The van der Waals surface area contributed by atoms with Gasteiger partial charge in [-0.1, -0.05) is 23.7 Å².